The monoisotopic (exact) mass is 446 g/mol. The molecule has 0 saturated heterocycles. The molecule has 0 spiro atoms. The SMILES string of the molecule is COc1ccc(S(N)(=O)=O)cc1C(=O)OC(C)C(=O)Nc1cc(Cl)ccc1Cl. The third-order valence-corrected chi connectivity index (χ3v) is 5.03. The van der Waals surface area contributed by atoms with Crippen LogP contribution in [0.1, 0.15) is 17.3 Å². The summed E-state index contributed by atoms with van der Waals surface area (Å²) in [4.78, 5) is 24.4. The van der Waals surface area contributed by atoms with Crippen LogP contribution in [0.2, 0.25) is 10.0 Å². The number of benzene rings is 2. The maximum absolute atomic E-state index is 12.4. The van der Waals surface area contributed by atoms with Crippen LogP contribution in [0.5, 0.6) is 5.75 Å². The van der Waals surface area contributed by atoms with Gasteiger partial charge in [-0.2, -0.15) is 0 Å². The lowest BCUT2D eigenvalue weighted by Gasteiger charge is -2.16. The number of methoxy groups -OCH3 is 1. The van der Waals surface area contributed by atoms with Crippen LogP contribution in [0.15, 0.2) is 41.3 Å². The molecule has 0 aliphatic heterocycles. The fourth-order valence-electron chi connectivity index (χ4n) is 2.13. The van der Waals surface area contributed by atoms with Gasteiger partial charge in [0.15, 0.2) is 6.10 Å². The minimum Gasteiger partial charge on any atom is -0.496 e. The van der Waals surface area contributed by atoms with Crippen LogP contribution in [0, 0.1) is 0 Å². The summed E-state index contributed by atoms with van der Waals surface area (Å²) in [6.07, 6.45) is -1.23. The largest absolute Gasteiger partial charge is 0.496 e. The maximum Gasteiger partial charge on any atom is 0.342 e. The van der Waals surface area contributed by atoms with E-state index in [2.05, 4.69) is 5.32 Å². The average molecular weight is 447 g/mol. The molecule has 28 heavy (non-hydrogen) atoms. The summed E-state index contributed by atoms with van der Waals surface area (Å²) in [5, 5.41) is 8.17. The van der Waals surface area contributed by atoms with Crippen LogP contribution in [0.3, 0.4) is 0 Å². The number of carbonyl (C=O) groups is 2. The molecule has 0 bridgehead atoms. The smallest absolute Gasteiger partial charge is 0.342 e. The Morgan fingerprint density at radius 3 is 2.43 bits per heavy atom. The Balaban J connectivity index is 2.19. The van der Waals surface area contributed by atoms with E-state index in [0.717, 1.165) is 6.07 Å². The fourth-order valence-corrected chi connectivity index (χ4v) is 3.01. The van der Waals surface area contributed by atoms with Gasteiger partial charge in [-0.1, -0.05) is 23.2 Å². The zero-order valence-corrected chi connectivity index (χ0v) is 17.1. The van der Waals surface area contributed by atoms with Gasteiger partial charge in [0.05, 0.1) is 22.7 Å². The minimum absolute atomic E-state index is 0.0582. The molecule has 2 rings (SSSR count). The number of anilines is 1. The molecule has 150 valence electrons. The molecule has 3 N–H and O–H groups in total. The van der Waals surface area contributed by atoms with Crippen molar-refractivity contribution < 1.29 is 27.5 Å². The van der Waals surface area contributed by atoms with Gasteiger partial charge >= 0.3 is 5.97 Å². The van der Waals surface area contributed by atoms with Gasteiger partial charge < -0.3 is 14.8 Å². The zero-order valence-electron chi connectivity index (χ0n) is 14.7. The number of hydrogen-bond acceptors (Lipinski definition) is 6. The quantitative estimate of drug-likeness (QED) is 0.657. The summed E-state index contributed by atoms with van der Waals surface area (Å²) in [5.41, 5.74) is 0.0466. The Labute approximate surface area is 171 Å². The Hall–Kier alpha value is -2.33. The van der Waals surface area contributed by atoms with E-state index < -0.39 is 28.0 Å². The first kappa shape index (κ1) is 22.0. The molecule has 2 aromatic carbocycles. The van der Waals surface area contributed by atoms with Gasteiger partial charge in [0.25, 0.3) is 5.91 Å². The molecule has 0 fully saturated rings. The molecular weight excluding hydrogens is 431 g/mol. The van der Waals surface area contributed by atoms with Gasteiger partial charge in [-0.15, -0.1) is 0 Å². The fraction of sp³-hybridized carbons (Fsp3) is 0.176. The second kappa shape index (κ2) is 8.78. The van der Waals surface area contributed by atoms with Crippen molar-refractivity contribution >= 4 is 50.8 Å². The van der Waals surface area contributed by atoms with Crippen molar-refractivity contribution in [2.45, 2.75) is 17.9 Å². The van der Waals surface area contributed by atoms with Gasteiger partial charge in [0.2, 0.25) is 10.0 Å². The normalized spacial score (nSPS) is 12.2. The minimum atomic E-state index is -4.05. The molecule has 0 aromatic heterocycles. The van der Waals surface area contributed by atoms with Crippen molar-refractivity contribution in [1.29, 1.82) is 0 Å². The molecule has 11 heteroatoms. The van der Waals surface area contributed by atoms with E-state index >= 15 is 0 Å². The molecule has 1 atom stereocenters. The van der Waals surface area contributed by atoms with E-state index in [9.17, 15) is 18.0 Å². The third-order valence-electron chi connectivity index (χ3n) is 3.56. The van der Waals surface area contributed by atoms with Crippen molar-refractivity contribution in [3.05, 3.63) is 52.0 Å². The molecule has 0 aliphatic rings. The summed E-state index contributed by atoms with van der Waals surface area (Å²) in [5.74, 6) is -1.58. The molecule has 0 aliphatic carbocycles. The van der Waals surface area contributed by atoms with Gasteiger partial charge in [-0.05, 0) is 43.3 Å². The average Bonchev–Trinajstić information content (AvgIpc) is 2.63. The van der Waals surface area contributed by atoms with Crippen molar-refractivity contribution in [3.63, 3.8) is 0 Å². The van der Waals surface area contributed by atoms with Gasteiger partial charge in [-0.25, -0.2) is 18.4 Å². The van der Waals surface area contributed by atoms with E-state index in [0.29, 0.717) is 5.02 Å². The number of sulfonamides is 1. The topological polar surface area (TPSA) is 125 Å². The van der Waals surface area contributed by atoms with Crippen molar-refractivity contribution in [2.24, 2.45) is 5.14 Å². The number of rotatable bonds is 6. The first-order valence-corrected chi connectivity index (χ1v) is 10.0. The molecule has 1 unspecified atom stereocenters. The zero-order chi connectivity index (χ0) is 21.1. The molecule has 8 nitrogen and oxygen atoms in total. The lowest BCUT2D eigenvalue weighted by Crippen LogP contribution is -2.30. The first-order chi connectivity index (χ1) is 13.0. The van der Waals surface area contributed by atoms with Crippen LogP contribution in [-0.2, 0) is 19.6 Å². The predicted molar refractivity (Wildman–Crippen MR) is 104 cm³/mol. The number of carbonyl (C=O) groups excluding carboxylic acids is 2. The number of primary sulfonamides is 1. The highest BCUT2D eigenvalue weighted by Gasteiger charge is 2.24. The van der Waals surface area contributed by atoms with E-state index in [1.165, 1.54) is 38.3 Å². The maximum atomic E-state index is 12.4. The Bertz CT molecular complexity index is 1030. The highest BCUT2D eigenvalue weighted by molar-refractivity contribution is 7.89. The second-order valence-corrected chi connectivity index (χ2v) is 7.97. The summed E-state index contributed by atoms with van der Waals surface area (Å²) in [6, 6.07) is 7.94. The number of hydrogen-bond donors (Lipinski definition) is 2. The van der Waals surface area contributed by atoms with E-state index in [-0.39, 0.29) is 26.9 Å². The van der Waals surface area contributed by atoms with Crippen LogP contribution in [-0.4, -0.2) is 33.5 Å². The number of halogens is 2. The van der Waals surface area contributed by atoms with E-state index in [1.807, 2.05) is 0 Å². The van der Waals surface area contributed by atoms with Crippen LogP contribution in [0.4, 0.5) is 5.69 Å². The summed E-state index contributed by atoms with van der Waals surface area (Å²) in [6.45, 7) is 1.34. The molecule has 0 saturated carbocycles. The second-order valence-electron chi connectivity index (χ2n) is 5.57. The van der Waals surface area contributed by atoms with Gasteiger partial charge in [0, 0.05) is 5.02 Å². The van der Waals surface area contributed by atoms with Gasteiger partial charge in [0.1, 0.15) is 11.3 Å². The predicted octanol–water partition coefficient (Wildman–Crippen LogP) is 2.83. The van der Waals surface area contributed by atoms with Crippen molar-refractivity contribution in [2.75, 3.05) is 12.4 Å². The van der Waals surface area contributed by atoms with Crippen LogP contribution < -0.4 is 15.2 Å². The number of nitrogens with two attached hydrogens (primary N) is 1. The molecular formula is C17H16Cl2N2O6S. The summed E-state index contributed by atoms with van der Waals surface area (Å²) < 4.78 is 33.1. The Morgan fingerprint density at radius 2 is 1.82 bits per heavy atom. The number of amides is 1. The lowest BCUT2D eigenvalue weighted by atomic mass is 10.2. The molecule has 0 heterocycles. The standard InChI is InChI=1S/C17H16Cl2N2O6S/c1-9(16(22)21-14-7-10(18)3-5-13(14)19)27-17(23)12-8-11(28(20,24)25)4-6-15(12)26-2/h3-9H,1-2H3,(H,21,22)(H2,20,24,25). The van der Waals surface area contributed by atoms with Crippen LogP contribution >= 0.6 is 23.2 Å². The van der Waals surface area contributed by atoms with Crippen molar-refractivity contribution in [1.82, 2.24) is 0 Å². The van der Waals surface area contributed by atoms with Gasteiger partial charge in [-0.3, -0.25) is 4.79 Å². The summed E-state index contributed by atoms with van der Waals surface area (Å²) >= 11 is 11.8. The third kappa shape index (κ3) is 5.35. The molecule has 2 aromatic rings. The van der Waals surface area contributed by atoms with E-state index in [4.69, 9.17) is 37.8 Å². The number of nitrogens with one attached hydrogen (secondary N) is 1. The van der Waals surface area contributed by atoms with Crippen LogP contribution in [0.25, 0.3) is 0 Å². The molecule has 1 amide bonds. The Morgan fingerprint density at radius 1 is 1.14 bits per heavy atom. The summed E-state index contributed by atoms with van der Waals surface area (Å²) in [7, 11) is -2.76. The number of esters is 1. The molecule has 0 radical (unpaired) electrons. The number of ether oxygens (including phenoxy) is 2. The Kier molecular flexibility index (Phi) is 6.89. The lowest BCUT2D eigenvalue weighted by molar-refractivity contribution is -0.123. The van der Waals surface area contributed by atoms with E-state index in [1.54, 1.807) is 6.07 Å². The highest BCUT2D eigenvalue weighted by Crippen LogP contribution is 2.26. The highest BCUT2D eigenvalue weighted by atomic mass is 35.5. The first-order valence-electron chi connectivity index (χ1n) is 7.70. The van der Waals surface area contributed by atoms with Crippen molar-refractivity contribution in [3.8, 4) is 5.75 Å².